The van der Waals surface area contributed by atoms with E-state index in [2.05, 4.69) is 12.2 Å². The van der Waals surface area contributed by atoms with Crippen LogP contribution in [0.1, 0.15) is 35.7 Å². The number of anilines is 1. The molecule has 2 aliphatic heterocycles. The number of carbonyl (C=O) groups excluding carboxylic acids is 2. The lowest BCUT2D eigenvalue weighted by molar-refractivity contribution is 0.0585. The number of benzene rings is 2. The highest BCUT2D eigenvalue weighted by molar-refractivity contribution is 8.00. The molecule has 0 bridgehead atoms. The number of amides is 3. The number of urea groups is 1. The minimum Gasteiger partial charge on any atom is -0.324 e. The fraction of sp³-hybridized carbons (Fsp3) is 0.391. The van der Waals surface area contributed by atoms with E-state index < -0.39 is 0 Å². The van der Waals surface area contributed by atoms with E-state index in [4.69, 9.17) is 11.6 Å². The number of thioether (sulfide) groups is 1. The summed E-state index contributed by atoms with van der Waals surface area (Å²) in [5, 5.41) is 3.62. The molecule has 0 unspecified atom stereocenters. The van der Waals surface area contributed by atoms with Crippen molar-refractivity contribution in [2.45, 2.75) is 31.1 Å². The molecule has 4 rings (SSSR count). The summed E-state index contributed by atoms with van der Waals surface area (Å²) in [4.78, 5) is 29.4. The SMILES string of the molecule is CCc1ccc(NC(=O)N2CCC3(CC2)SCCN3C(=O)c2ccc(Cl)cc2)cc1. The van der Waals surface area contributed by atoms with Crippen molar-refractivity contribution in [3.8, 4) is 0 Å². The van der Waals surface area contributed by atoms with Gasteiger partial charge < -0.3 is 15.1 Å². The highest BCUT2D eigenvalue weighted by Gasteiger charge is 2.47. The topological polar surface area (TPSA) is 52.7 Å². The van der Waals surface area contributed by atoms with Crippen molar-refractivity contribution >= 4 is 41.0 Å². The molecule has 7 heteroatoms. The number of hydrogen-bond acceptors (Lipinski definition) is 3. The van der Waals surface area contributed by atoms with Crippen molar-refractivity contribution in [3.63, 3.8) is 0 Å². The molecule has 2 heterocycles. The molecule has 0 aliphatic carbocycles. The van der Waals surface area contributed by atoms with E-state index in [1.807, 2.05) is 45.8 Å². The van der Waals surface area contributed by atoms with Gasteiger partial charge in [0.1, 0.15) is 0 Å². The van der Waals surface area contributed by atoms with Crippen LogP contribution in [0.3, 0.4) is 0 Å². The molecule has 2 aromatic carbocycles. The van der Waals surface area contributed by atoms with E-state index >= 15 is 0 Å². The fourth-order valence-corrected chi connectivity index (χ4v) is 5.72. The van der Waals surface area contributed by atoms with E-state index in [9.17, 15) is 9.59 Å². The molecule has 0 atom stereocenters. The van der Waals surface area contributed by atoms with E-state index in [1.165, 1.54) is 5.56 Å². The molecule has 3 amide bonds. The van der Waals surface area contributed by atoms with Gasteiger partial charge in [-0.3, -0.25) is 4.79 Å². The summed E-state index contributed by atoms with van der Waals surface area (Å²) in [6, 6.07) is 15.0. The number of aryl methyl sites for hydroxylation is 1. The zero-order valence-corrected chi connectivity index (χ0v) is 18.6. The quantitative estimate of drug-likeness (QED) is 0.716. The monoisotopic (exact) mass is 443 g/mol. The van der Waals surface area contributed by atoms with Crippen LogP contribution in [0.5, 0.6) is 0 Å². The van der Waals surface area contributed by atoms with Gasteiger partial charge in [0.05, 0.1) is 4.87 Å². The van der Waals surface area contributed by atoms with Crippen LogP contribution in [0.2, 0.25) is 5.02 Å². The summed E-state index contributed by atoms with van der Waals surface area (Å²) < 4.78 is 0. The van der Waals surface area contributed by atoms with E-state index in [-0.39, 0.29) is 16.8 Å². The predicted molar refractivity (Wildman–Crippen MR) is 123 cm³/mol. The Kier molecular flexibility index (Phi) is 6.25. The van der Waals surface area contributed by atoms with E-state index in [0.717, 1.165) is 37.2 Å². The Morgan fingerprint density at radius 2 is 1.70 bits per heavy atom. The van der Waals surface area contributed by atoms with Crippen LogP contribution in [0.15, 0.2) is 48.5 Å². The van der Waals surface area contributed by atoms with Crippen LogP contribution < -0.4 is 5.32 Å². The van der Waals surface area contributed by atoms with Crippen LogP contribution >= 0.6 is 23.4 Å². The van der Waals surface area contributed by atoms with Crippen LogP contribution in [0, 0.1) is 0 Å². The van der Waals surface area contributed by atoms with Crippen molar-refractivity contribution in [3.05, 3.63) is 64.7 Å². The Balaban J connectivity index is 1.38. The summed E-state index contributed by atoms with van der Waals surface area (Å²) >= 11 is 7.81. The van der Waals surface area contributed by atoms with Gasteiger partial charge in [-0.1, -0.05) is 30.7 Å². The average Bonchev–Trinajstić information content (AvgIpc) is 3.17. The molecule has 2 aliphatic rings. The van der Waals surface area contributed by atoms with Crippen molar-refractivity contribution in [2.75, 3.05) is 30.7 Å². The molecule has 5 nitrogen and oxygen atoms in total. The van der Waals surface area contributed by atoms with Crippen molar-refractivity contribution in [1.29, 1.82) is 0 Å². The number of carbonyl (C=O) groups is 2. The summed E-state index contributed by atoms with van der Waals surface area (Å²) in [7, 11) is 0. The lowest BCUT2D eigenvalue weighted by Gasteiger charge is -2.44. The molecule has 0 aromatic heterocycles. The van der Waals surface area contributed by atoms with Gasteiger partial charge in [-0.2, -0.15) is 0 Å². The molecule has 30 heavy (non-hydrogen) atoms. The predicted octanol–water partition coefficient (Wildman–Crippen LogP) is 5.12. The van der Waals surface area contributed by atoms with Gasteiger partial charge in [0.15, 0.2) is 0 Å². The summed E-state index contributed by atoms with van der Waals surface area (Å²) in [6.07, 6.45) is 2.53. The number of nitrogens with zero attached hydrogens (tertiary/aromatic N) is 2. The summed E-state index contributed by atoms with van der Waals surface area (Å²) in [5.41, 5.74) is 2.72. The Morgan fingerprint density at radius 3 is 2.33 bits per heavy atom. The highest BCUT2D eigenvalue weighted by Crippen LogP contribution is 2.44. The lowest BCUT2D eigenvalue weighted by Crippen LogP contribution is -2.54. The van der Waals surface area contributed by atoms with Gasteiger partial charge in [-0.15, -0.1) is 11.8 Å². The zero-order valence-electron chi connectivity index (χ0n) is 17.1. The molecule has 0 saturated carbocycles. The highest BCUT2D eigenvalue weighted by atomic mass is 35.5. The smallest absolute Gasteiger partial charge is 0.321 e. The zero-order chi connectivity index (χ0) is 21.1. The maximum Gasteiger partial charge on any atom is 0.321 e. The van der Waals surface area contributed by atoms with E-state index in [1.54, 1.807) is 24.3 Å². The van der Waals surface area contributed by atoms with Gasteiger partial charge in [0.2, 0.25) is 0 Å². The molecular formula is C23H26ClN3O2S. The first kappa shape index (κ1) is 21.1. The Labute approximate surface area is 186 Å². The maximum absolute atomic E-state index is 13.1. The van der Waals surface area contributed by atoms with Gasteiger partial charge in [0.25, 0.3) is 5.91 Å². The molecule has 0 radical (unpaired) electrons. The second-order valence-corrected chi connectivity index (χ2v) is 9.62. The standard InChI is InChI=1S/C23H26ClN3O2S/c1-2-17-3-9-20(10-4-17)25-22(29)26-13-11-23(12-14-26)27(15-16-30-23)21(28)18-5-7-19(24)8-6-18/h3-10H,2,11-16H2,1H3,(H,25,29). The summed E-state index contributed by atoms with van der Waals surface area (Å²) in [5.74, 6) is 0.973. The minimum absolute atomic E-state index is 0.0468. The van der Waals surface area contributed by atoms with Gasteiger partial charge >= 0.3 is 6.03 Å². The lowest BCUT2D eigenvalue weighted by atomic mass is 10.0. The van der Waals surface area contributed by atoms with Crippen molar-refractivity contribution in [1.82, 2.24) is 9.80 Å². The number of likely N-dealkylation sites (tertiary alicyclic amines) is 1. The average molecular weight is 444 g/mol. The minimum atomic E-state index is -0.226. The molecule has 158 valence electrons. The Bertz CT molecular complexity index is 909. The second kappa shape index (κ2) is 8.90. The van der Waals surface area contributed by atoms with Crippen molar-refractivity contribution < 1.29 is 9.59 Å². The Hall–Kier alpha value is -2.18. The number of halogens is 1. The summed E-state index contributed by atoms with van der Waals surface area (Å²) in [6.45, 7) is 4.12. The number of hydrogen-bond donors (Lipinski definition) is 1. The van der Waals surface area contributed by atoms with Gasteiger partial charge in [-0.05, 0) is 61.2 Å². The molecule has 1 spiro atoms. The first-order chi connectivity index (χ1) is 14.5. The van der Waals surface area contributed by atoms with Crippen LogP contribution in [0.4, 0.5) is 10.5 Å². The largest absolute Gasteiger partial charge is 0.324 e. The van der Waals surface area contributed by atoms with Crippen LogP contribution in [-0.4, -0.2) is 52.0 Å². The third-order valence-electron chi connectivity index (χ3n) is 5.96. The number of nitrogens with one attached hydrogen (secondary N) is 1. The van der Waals surface area contributed by atoms with Gasteiger partial charge in [-0.25, -0.2) is 4.79 Å². The fourth-order valence-electron chi connectivity index (χ4n) is 4.14. The third-order valence-corrected chi connectivity index (χ3v) is 7.76. The van der Waals surface area contributed by atoms with E-state index in [0.29, 0.717) is 23.7 Å². The maximum atomic E-state index is 13.1. The number of piperidine rings is 1. The first-order valence-corrected chi connectivity index (χ1v) is 11.7. The third kappa shape index (κ3) is 4.30. The molecule has 2 fully saturated rings. The van der Waals surface area contributed by atoms with Gasteiger partial charge in [0, 0.05) is 41.7 Å². The second-order valence-electron chi connectivity index (χ2n) is 7.73. The molecule has 2 aromatic rings. The van der Waals surface area contributed by atoms with Crippen LogP contribution in [-0.2, 0) is 6.42 Å². The molecular weight excluding hydrogens is 418 g/mol. The first-order valence-electron chi connectivity index (χ1n) is 10.4. The van der Waals surface area contributed by atoms with Crippen LogP contribution in [0.25, 0.3) is 0 Å². The molecule has 2 saturated heterocycles. The molecule has 1 N–H and O–H groups in total. The number of rotatable bonds is 3. The van der Waals surface area contributed by atoms with Crippen molar-refractivity contribution in [2.24, 2.45) is 0 Å². The normalized spacial score (nSPS) is 17.9. The Morgan fingerprint density at radius 1 is 1.03 bits per heavy atom.